The Labute approximate surface area is 195 Å². The van der Waals surface area contributed by atoms with Gasteiger partial charge in [-0.05, 0) is 36.4 Å². The number of aromatic amines is 1. The molecule has 3 rings (SSSR count). The average molecular weight is 468 g/mol. The van der Waals surface area contributed by atoms with Gasteiger partial charge in [-0.25, -0.2) is 5.43 Å². The van der Waals surface area contributed by atoms with Crippen LogP contribution in [0.2, 0.25) is 0 Å². The van der Waals surface area contributed by atoms with Gasteiger partial charge in [-0.15, -0.1) is 0 Å². The first-order valence-corrected chi connectivity index (χ1v) is 9.95. The van der Waals surface area contributed by atoms with Crippen LogP contribution in [0.3, 0.4) is 0 Å². The van der Waals surface area contributed by atoms with E-state index < -0.39 is 11.9 Å². The highest BCUT2D eigenvalue weighted by atomic mass is 16.6. The lowest BCUT2D eigenvalue weighted by molar-refractivity contribution is -0.132. The third kappa shape index (κ3) is 5.44. The van der Waals surface area contributed by atoms with Crippen LogP contribution >= 0.6 is 0 Å². The number of amides is 1. The van der Waals surface area contributed by atoms with Crippen molar-refractivity contribution in [2.45, 2.75) is 6.92 Å². The molecule has 1 amide bonds. The predicted molar refractivity (Wildman–Crippen MR) is 123 cm³/mol. The van der Waals surface area contributed by atoms with E-state index in [-0.39, 0.29) is 22.9 Å². The van der Waals surface area contributed by atoms with Crippen LogP contribution in [0.15, 0.2) is 41.5 Å². The third-order valence-electron chi connectivity index (χ3n) is 4.61. The van der Waals surface area contributed by atoms with Gasteiger partial charge in [0.15, 0.2) is 11.5 Å². The van der Waals surface area contributed by atoms with Gasteiger partial charge < -0.3 is 23.7 Å². The molecule has 0 atom stereocenters. The van der Waals surface area contributed by atoms with Crippen LogP contribution in [0.25, 0.3) is 11.3 Å². The molecule has 34 heavy (non-hydrogen) atoms. The van der Waals surface area contributed by atoms with Gasteiger partial charge in [0.05, 0.1) is 40.3 Å². The number of aromatic nitrogens is 2. The second-order valence-electron chi connectivity index (χ2n) is 6.78. The first kappa shape index (κ1) is 24.1. The molecule has 11 nitrogen and oxygen atoms in total. The fourth-order valence-electron chi connectivity index (χ4n) is 3.03. The highest BCUT2D eigenvalue weighted by Gasteiger charge is 2.17. The maximum Gasteiger partial charge on any atom is 0.308 e. The number of esters is 1. The van der Waals surface area contributed by atoms with Gasteiger partial charge in [0.1, 0.15) is 17.2 Å². The van der Waals surface area contributed by atoms with Gasteiger partial charge in [0, 0.05) is 18.1 Å². The van der Waals surface area contributed by atoms with Crippen molar-refractivity contribution >= 4 is 18.1 Å². The second kappa shape index (κ2) is 10.9. The lowest BCUT2D eigenvalue weighted by atomic mass is 10.1. The van der Waals surface area contributed by atoms with Crippen LogP contribution in [-0.4, -0.2) is 56.7 Å². The topological polar surface area (TPSA) is 133 Å². The lowest BCUT2D eigenvalue weighted by Gasteiger charge is -2.13. The van der Waals surface area contributed by atoms with Crippen molar-refractivity contribution < 1.29 is 33.3 Å². The van der Waals surface area contributed by atoms with E-state index >= 15 is 0 Å². The van der Waals surface area contributed by atoms with Gasteiger partial charge in [-0.3, -0.25) is 14.7 Å². The quantitative estimate of drug-likeness (QED) is 0.212. The van der Waals surface area contributed by atoms with Crippen molar-refractivity contribution in [3.8, 4) is 40.0 Å². The molecule has 0 radical (unpaired) electrons. The van der Waals surface area contributed by atoms with E-state index in [0.29, 0.717) is 28.3 Å². The van der Waals surface area contributed by atoms with Crippen LogP contribution < -0.4 is 29.1 Å². The van der Waals surface area contributed by atoms with E-state index in [1.54, 1.807) is 50.6 Å². The molecule has 0 fully saturated rings. The molecule has 3 aromatic rings. The number of nitrogens with zero attached hydrogens (tertiary/aromatic N) is 2. The molecule has 0 bridgehead atoms. The number of benzene rings is 2. The predicted octanol–water partition coefficient (Wildman–Crippen LogP) is 2.80. The minimum atomic E-state index is -0.518. The Kier molecular flexibility index (Phi) is 7.70. The number of methoxy groups -OCH3 is 4. The van der Waals surface area contributed by atoms with E-state index in [9.17, 15) is 9.59 Å². The fraction of sp³-hybridized carbons (Fsp3) is 0.217. The van der Waals surface area contributed by atoms with E-state index in [0.717, 1.165) is 0 Å². The molecule has 0 aliphatic heterocycles. The first-order valence-electron chi connectivity index (χ1n) is 9.95. The van der Waals surface area contributed by atoms with Gasteiger partial charge in [-0.1, -0.05) is 0 Å². The lowest BCUT2D eigenvalue weighted by Crippen LogP contribution is -2.18. The van der Waals surface area contributed by atoms with E-state index in [4.69, 9.17) is 23.7 Å². The first-order chi connectivity index (χ1) is 16.4. The molecule has 0 aliphatic carbocycles. The summed E-state index contributed by atoms with van der Waals surface area (Å²) < 4.78 is 26.3. The Morgan fingerprint density at radius 2 is 1.62 bits per heavy atom. The summed E-state index contributed by atoms with van der Waals surface area (Å²) in [6.07, 6.45) is 1.39. The molecule has 0 spiro atoms. The molecule has 0 aliphatic rings. The van der Waals surface area contributed by atoms with E-state index in [2.05, 4.69) is 20.7 Å². The van der Waals surface area contributed by atoms with E-state index in [1.165, 1.54) is 27.4 Å². The number of hydrogen-bond donors (Lipinski definition) is 2. The van der Waals surface area contributed by atoms with Crippen LogP contribution in [0, 0.1) is 0 Å². The number of ether oxygens (including phenoxy) is 5. The smallest absolute Gasteiger partial charge is 0.308 e. The SMILES string of the molecule is COc1ccc(OC)c(-c2cc(C(=O)NN=Cc3cc(OC)c(OC(C)=O)c(OC)c3)[nH]n2)c1. The molecule has 0 saturated heterocycles. The fourth-order valence-corrected chi connectivity index (χ4v) is 3.03. The summed E-state index contributed by atoms with van der Waals surface area (Å²) in [5, 5.41) is 10.8. The number of nitrogens with one attached hydrogen (secondary N) is 2. The normalized spacial score (nSPS) is 10.6. The van der Waals surface area contributed by atoms with Crippen LogP contribution in [0.1, 0.15) is 23.0 Å². The maximum atomic E-state index is 12.5. The van der Waals surface area contributed by atoms with Crippen molar-refractivity contribution in [3.05, 3.63) is 47.7 Å². The highest BCUT2D eigenvalue weighted by molar-refractivity contribution is 5.94. The Balaban J connectivity index is 1.77. The summed E-state index contributed by atoms with van der Waals surface area (Å²) in [4.78, 5) is 23.9. The minimum Gasteiger partial charge on any atom is -0.497 e. The summed E-state index contributed by atoms with van der Waals surface area (Å²) in [6.45, 7) is 1.27. The minimum absolute atomic E-state index is 0.150. The molecular formula is C23H24N4O7. The molecule has 0 saturated carbocycles. The largest absolute Gasteiger partial charge is 0.497 e. The molecule has 178 valence electrons. The maximum absolute atomic E-state index is 12.5. The average Bonchev–Trinajstić information content (AvgIpc) is 3.34. The third-order valence-corrected chi connectivity index (χ3v) is 4.61. The summed E-state index contributed by atoms with van der Waals surface area (Å²) >= 11 is 0. The molecule has 2 N–H and O–H groups in total. The molecule has 0 unspecified atom stereocenters. The zero-order chi connectivity index (χ0) is 24.7. The number of H-pyrrole nitrogens is 1. The zero-order valence-corrected chi connectivity index (χ0v) is 19.3. The zero-order valence-electron chi connectivity index (χ0n) is 19.3. The van der Waals surface area contributed by atoms with Crippen molar-refractivity contribution in [3.63, 3.8) is 0 Å². The number of carbonyl (C=O) groups is 2. The Bertz CT molecular complexity index is 1190. The standard InChI is InChI=1S/C23H24N4O7/c1-13(28)34-22-20(32-4)8-14(9-21(22)33-5)12-24-27-23(29)18-11-17(25-26-18)16-10-15(30-2)6-7-19(16)31-3/h6-12H,1-5H3,(H,25,26)(H,27,29). The number of hydrogen-bond acceptors (Lipinski definition) is 9. The number of hydrazone groups is 1. The van der Waals surface area contributed by atoms with Crippen molar-refractivity contribution in [1.29, 1.82) is 0 Å². The molecule has 11 heteroatoms. The summed E-state index contributed by atoms with van der Waals surface area (Å²) in [6, 6.07) is 10.0. The monoisotopic (exact) mass is 468 g/mol. The summed E-state index contributed by atoms with van der Waals surface area (Å²) in [7, 11) is 5.96. The van der Waals surface area contributed by atoms with E-state index in [1.807, 2.05) is 0 Å². The Morgan fingerprint density at radius 3 is 2.21 bits per heavy atom. The van der Waals surface area contributed by atoms with Gasteiger partial charge >= 0.3 is 5.97 Å². The molecule has 1 aromatic heterocycles. The number of carbonyl (C=O) groups excluding carboxylic acids is 2. The molecule has 1 heterocycles. The molecule has 2 aromatic carbocycles. The van der Waals surface area contributed by atoms with Crippen LogP contribution in [0.4, 0.5) is 0 Å². The van der Waals surface area contributed by atoms with Crippen LogP contribution in [-0.2, 0) is 4.79 Å². The van der Waals surface area contributed by atoms with Crippen molar-refractivity contribution in [2.24, 2.45) is 5.10 Å². The van der Waals surface area contributed by atoms with Gasteiger partial charge in [0.25, 0.3) is 5.91 Å². The Morgan fingerprint density at radius 1 is 0.941 bits per heavy atom. The van der Waals surface area contributed by atoms with Crippen molar-refractivity contribution in [1.82, 2.24) is 15.6 Å². The van der Waals surface area contributed by atoms with Gasteiger partial charge in [-0.2, -0.15) is 10.2 Å². The summed E-state index contributed by atoms with van der Waals surface area (Å²) in [5.74, 6) is 0.873. The molecular weight excluding hydrogens is 444 g/mol. The van der Waals surface area contributed by atoms with Crippen LogP contribution in [0.5, 0.6) is 28.7 Å². The van der Waals surface area contributed by atoms with Crippen molar-refractivity contribution in [2.75, 3.05) is 28.4 Å². The highest BCUT2D eigenvalue weighted by Crippen LogP contribution is 2.38. The summed E-state index contributed by atoms with van der Waals surface area (Å²) in [5.41, 5.74) is 4.31. The van der Waals surface area contributed by atoms with Gasteiger partial charge in [0.2, 0.25) is 5.75 Å². The number of rotatable bonds is 9. The Hall–Kier alpha value is -4.54. The second-order valence-corrected chi connectivity index (χ2v) is 6.78.